The van der Waals surface area contributed by atoms with E-state index in [1.54, 1.807) is 30.5 Å². The minimum Gasteiger partial charge on any atom is -0.367 e. The van der Waals surface area contributed by atoms with Gasteiger partial charge in [-0.3, -0.25) is 9.59 Å². The van der Waals surface area contributed by atoms with Crippen LogP contribution in [0.15, 0.2) is 53.9 Å². The van der Waals surface area contributed by atoms with Crippen LogP contribution in [0.5, 0.6) is 0 Å². The average Bonchev–Trinajstić information content (AvgIpc) is 3.51. The van der Waals surface area contributed by atoms with Gasteiger partial charge in [-0.15, -0.1) is 0 Å². The summed E-state index contributed by atoms with van der Waals surface area (Å²) in [6, 6.07) is 10.6. The number of rotatable bonds is 13. The van der Waals surface area contributed by atoms with Crippen LogP contribution in [0.2, 0.25) is 5.02 Å². The van der Waals surface area contributed by atoms with E-state index in [0.29, 0.717) is 17.1 Å². The average molecular weight is 606 g/mol. The molecular weight excluding hydrogens is 566 g/mol. The summed E-state index contributed by atoms with van der Waals surface area (Å²) in [5.74, 6) is 0.660. The number of azide groups is 1. The summed E-state index contributed by atoms with van der Waals surface area (Å²) < 4.78 is 0. The molecule has 1 saturated heterocycles. The minimum absolute atomic E-state index is 0.0536. The smallest absolute Gasteiger partial charge is 0.268 e. The standard InChI is InChI=1S/C31H40ClN9O2/c1-4-40(5-2)12-11-30(42)41-13-9-25(10-14-41)37-29-17-26(21(3)18-35-29)23-16-27(34-19-23)31(43)38-28(20-36-39-33)22-7-6-8-24(32)15-22/h6-8,15-19,25,28,34H,4-5,9-14,20H2,1-3H3,(H,35,37)(H,38,43)/t28-/m1/s1. The molecule has 3 N–H and O–H groups in total. The van der Waals surface area contributed by atoms with Crippen LogP contribution in [0.3, 0.4) is 0 Å². The van der Waals surface area contributed by atoms with Gasteiger partial charge in [0.25, 0.3) is 5.91 Å². The number of amides is 2. The molecule has 0 unspecified atom stereocenters. The number of benzene rings is 1. The Hall–Kier alpha value is -4.05. The van der Waals surface area contributed by atoms with Crippen molar-refractivity contribution >= 4 is 29.2 Å². The van der Waals surface area contributed by atoms with Gasteiger partial charge in [0.1, 0.15) is 11.5 Å². The van der Waals surface area contributed by atoms with Crippen molar-refractivity contribution in [2.75, 3.05) is 44.6 Å². The lowest BCUT2D eigenvalue weighted by atomic mass is 10.0. The third-order valence-corrected chi connectivity index (χ3v) is 8.20. The Balaban J connectivity index is 1.37. The summed E-state index contributed by atoms with van der Waals surface area (Å²) in [5, 5.41) is 10.7. The Labute approximate surface area is 257 Å². The highest BCUT2D eigenvalue weighted by Gasteiger charge is 2.23. The Kier molecular flexibility index (Phi) is 11.4. The highest BCUT2D eigenvalue weighted by atomic mass is 35.5. The van der Waals surface area contributed by atoms with E-state index >= 15 is 0 Å². The molecule has 3 aromatic rings. The molecule has 1 atom stereocenters. The Morgan fingerprint density at radius 2 is 2.00 bits per heavy atom. The number of nitrogens with one attached hydrogen (secondary N) is 3. The summed E-state index contributed by atoms with van der Waals surface area (Å²) in [4.78, 5) is 40.6. The first-order valence-electron chi connectivity index (χ1n) is 14.8. The molecule has 1 aliphatic rings. The van der Waals surface area contributed by atoms with Crippen LogP contribution in [0.25, 0.3) is 21.6 Å². The van der Waals surface area contributed by atoms with Crippen molar-refractivity contribution in [3.63, 3.8) is 0 Å². The van der Waals surface area contributed by atoms with E-state index in [2.05, 4.69) is 49.4 Å². The van der Waals surface area contributed by atoms with Crippen molar-refractivity contribution < 1.29 is 9.59 Å². The number of likely N-dealkylation sites (tertiary alicyclic amines) is 1. The van der Waals surface area contributed by atoms with E-state index in [-0.39, 0.29) is 24.4 Å². The number of pyridine rings is 1. The normalized spacial score (nSPS) is 14.3. The van der Waals surface area contributed by atoms with Crippen LogP contribution in [0.4, 0.5) is 5.82 Å². The predicted molar refractivity (Wildman–Crippen MR) is 170 cm³/mol. The number of H-pyrrole nitrogens is 1. The summed E-state index contributed by atoms with van der Waals surface area (Å²) >= 11 is 6.14. The number of hydrogen-bond donors (Lipinski definition) is 3. The van der Waals surface area contributed by atoms with Gasteiger partial charge in [0.2, 0.25) is 5.91 Å². The second kappa shape index (κ2) is 15.4. The monoisotopic (exact) mass is 605 g/mol. The van der Waals surface area contributed by atoms with Crippen LogP contribution in [-0.4, -0.2) is 76.9 Å². The van der Waals surface area contributed by atoms with E-state index in [1.165, 1.54) is 0 Å². The molecule has 1 aliphatic heterocycles. The second-order valence-electron chi connectivity index (χ2n) is 10.8. The fraction of sp³-hybridized carbons (Fsp3) is 0.452. The number of aryl methyl sites for hydroxylation is 1. The molecule has 0 saturated carbocycles. The quantitative estimate of drug-likeness (QED) is 0.125. The number of aromatic nitrogens is 2. The molecule has 1 fully saturated rings. The van der Waals surface area contributed by atoms with Gasteiger partial charge in [-0.25, -0.2) is 4.98 Å². The maximum atomic E-state index is 13.2. The molecule has 12 heteroatoms. The first kappa shape index (κ1) is 31.9. The summed E-state index contributed by atoms with van der Waals surface area (Å²) in [6.07, 6.45) is 5.91. The SMILES string of the molecule is CCN(CC)CCC(=O)N1CCC(Nc2cc(-c3c[nH]c(C(=O)N[C@H](CN=[N+]=[N-])c4cccc(Cl)c4)c3)c(C)cn2)CC1. The van der Waals surface area contributed by atoms with Crippen LogP contribution in [0, 0.1) is 6.92 Å². The highest BCUT2D eigenvalue weighted by Crippen LogP contribution is 2.28. The lowest BCUT2D eigenvalue weighted by Crippen LogP contribution is -2.43. The first-order chi connectivity index (χ1) is 20.8. The number of nitrogens with zero attached hydrogens (tertiary/aromatic N) is 6. The first-order valence-corrected chi connectivity index (χ1v) is 15.2. The molecule has 0 aliphatic carbocycles. The van der Waals surface area contributed by atoms with E-state index in [4.69, 9.17) is 17.1 Å². The maximum absolute atomic E-state index is 13.2. The van der Waals surface area contributed by atoms with Gasteiger partial charge in [-0.1, -0.05) is 42.7 Å². The number of aromatic amines is 1. The van der Waals surface area contributed by atoms with Crippen LogP contribution in [-0.2, 0) is 4.79 Å². The van der Waals surface area contributed by atoms with Crippen molar-refractivity contribution in [2.24, 2.45) is 5.11 Å². The summed E-state index contributed by atoms with van der Waals surface area (Å²) in [7, 11) is 0. The number of halogens is 1. The maximum Gasteiger partial charge on any atom is 0.268 e. The molecule has 3 heterocycles. The molecule has 0 radical (unpaired) electrons. The Morgan fingerprint density at radius 1 is 1.23 bits per heavy atom. The number of piperidine rings is 1. The third kappa shape index (κ3) is 8.73. The van der Waals surface area contributed by atoms with Gasteiger partial charge in [-0.2, -0.15) is 0 Å². The Bertz CT molecular complexity index is 1440. The van der Waals surface area contributed by atoms with Crippen molar-refractivity contribution in [1.29, 1.82) is 0 Å². The number of hydrogen-bond acceptors (Lipinski definition) is 6. The van der Waals surface area contributed by atoms with E-state index in [9.17, 15) is 9.59 Å². The molecule has 0 bridgehead atoms. The zero-order valence-electron chi connectivity index (χ0n) is 25.0. The molecular formula is C31H40ClN9O2. The molecule has 1 aromatic carbocycles. The van der Waals surface area contributed by atoms with Crippen LogP contribution < -0.4 is 10.6 Å². The summed E-state index contributed by atoms with van der Waals surface area (Å²) in [6.45, 7) is 10.5. The fourth-order valence-electron chi connectivity index (χ4n) is 5.34. The van der Waals surface area contributed by atoms with Gasteiger partial charge in [0.15, 0.2) is 0 Å². The van der Waals surface area contributed by atoms with Crippen LogP contribution in [0.1, 0.15) is 60.8 Å². The zero-order valence-corrected chi connectivity index (χ0v) is 25.8. The topological polar surface area (TPSA) is 142 Å². The molecule has 228 valence electrons. The molecule has 4 rings (SSSR count). The molecule has 0 spiro atoms. The van der Waals surface area contributed by atoms with Crippen LogP contribution >= 0.6 is 11.6 Å². The van der Waals surface area contributed by atoms with Crippen molar-refractivity contribution in [1.82, 2.24) is 25.1 Å². The highest BCUT2D eigenvalue weighted by molar-refractivity contribution is 6.30. The van der Waals surface area contributed by atoms with Gasteiger partial charge >= 0.3 is 0 Å². The van der Waals surface area contributed by atoms with Gasteiger partial charge in [0, 0.05) is 60.0 Å². The lowest BCUT2D eigenvalue weighted by molar-refractivity contribution is -0.132. The lowest BCUT2D eigenvalue weighted by Gasteiger charge is -2.33. The number of carbonyl (C=O) groups is 2. The molecule has 11 nitrogen and oxygen atoms in total. The summed E-state index contributed by atoms with van der Waals surface area (Å²) in [5.41, 5.74) is 12.7. The minimum atomic E-state index is -0.531. The molecule has 2 amide bonds. The number of carbonyl (C=O) groups excluding carboxylic acids is 2. The van der Waals surface area contributed by atoms with E-state index in [1.807, 2.05) is 30.2 Å². The predicted octanol–water partition coefficient (Wildman–Crippen LogP) is 5.95. The fourth-order valence-corrected chi connectivity index (χ4v) is 5.54. The molecule has 2 aromatic heterocycles. The van der Waals surface area contributed by atoms with Gasteiger partial charge in [0.05, 0.1) is 12.6 Å². The van der Waals surface area contributed by atoms with Gasteiger partial charge < -0.3 is 25.4 Å². The Morgan fingerprint density at radius 3 is 2.70 bits per heavy atom. The third-order valence-electron chi connectivity index (χ3n) is 7.96. The zero-order chi connectivity index (χ0) is 30.8. The van der Waals surface area contributed by atoms with Crippen molar-refractivity contribution in [3.8, 4) is 11.1 Å². The largest absolute Gasteiger partial charge is 0.367 e. The van der Waals surface area contributed by atoms with Gasteiger partial charge in [-0.05, 0) is 79.3 Å². The van der Waals surface area contributed by atoms with Crippen molar-refractivity contribution in [3.05, 3.63) is 81.1 Å². The van der Waals surface area contributed by atoms with E-state index < -0.39 is 6.04 Å². The van der Waals surface area contributed by atoms with E-state index in [0.717, 1.165) is 73.6 Å². The number of anilines is 1. The van der Waals surface area contributed by atoms with Crippen molar-refractivity contribution in [2.45, 2.75) is 52.1 Å². The second-order valence-corrected chi connectivity index (χ2v) is 11.2. The molecule has 43 heavy (non-hydrogen) atoms.